The first-order valence-corrected chi connectivity index (χ1v) is 7.40. The number of rotatable bonds is 3. The van der Waals surface area contributed by atoms with Crippen LogP contribution in [0.5, 0.6) is 0 Å². The van der Waals surface area contributed by atoms with Crippen molar-refractivity contribution in [3.8, 4) is 5.69 Å². The topological polar surface area (TPSA) is 87.1 Å². The van der Waals surface area contributed by atoms with Crippen molar-refractivity contribution in [2.45, 2.75) is 13.5 Å². The highest BCUT2D eigenvalue weighted by Gasteiger charge is 2.17. The van der Waals surface area contributed by atoms with Crippen molar-refractivity contribution in [2.75, 3.05) is 0 Å². The third kappa shape index (κ3) is 2.25. The van der Waals surface area contributed by atoms with Gasteiger partial charge in [-0.25, -0.2) is 9.36 Å². The van der Waals surface area contributed by atoms with Crippen molar-refractivity contribution in [2.24, 2.45) is 5.73 Å². The van der Waals surface area contributed by atoms with Crippen molar-refractivity contribution < 1.29 is 4.79 Å². The van der Waals surface area contributed by atoms with E-state index in [4.69, 9.17) is 5.73 Å². The molecular weight excluding hydrogens is 302 g/mol. The lowest BCUT2D eigenvalue weighted by molar-refractivity contribution is -0.118. The van der Waals surface area contributed by atoms with Gasteiger partial charge in [-0.15, -0.1) is 11.3 Å². The lowest BCUT2D eigenvalue weighted by Gasteiger charge is -2.10. The van der Waals surface area contributed by atoms with Gasteiger partial charge in [-0.3, -0.25) is 14.2 Å². The van der Waals surface area contributed by atoms with Crippen molar-refractivity contribution in [1.29, 1.82) is 0 Å². The van der Waals surface area contributed by atoms with E-state index in [2.05, 4.69) is 0 Å². The van der Waals surface area contributed by atoms with Crippen molar-refractivity contribution in [1.82, 2.24) is 9.13 Å². The molecule has 0 aliphatic heterocycles. The number of carbonyl (C=O) groups is 1. The molecule has 22 heavy (non-hydrogen) atoms. The molecule has 2 N–H and O–H groups in total. The number of benzene rings is 1. The number of thiophene rings is 1. The smallest absolute Gasteiger partial charge is 0.337 e. The number of amides is 1. The van der Waals surface area contributed by atoms with Crippen LogP contribution in [0.1, 0.15) is 4.88 Å². The second-order valence-electron chi connectivity index (χ2n) is 4.89. The summed E-state index contributed by atoms with van der Waals surface area (Å²) in [6.07, 6.45) is 0. The third-order valence-corrected chi connectivity index (χ3v) is 4.34. The summed E-state index contributed by atoms with van der Waals surface area (Å²) >= 11 is 1.29. The van der Waals surface area contributed by atoms with Crippen LogP contribution in [0.15, 0.2) is 46.0 Å². The molecule has 2 aromatic heterocycles. The summed E-state index contributed by atoms with van der Waals surface area (Å²) in [5.41, 5.74) is 4.74. The van der Waals surface area contributed by atoms with Crippen molar-refractivity contribution in [3.05, 3.63) is 62.1 Å². The highest BCUT2D eigenvalue weighted by Crippen LogP contribution is 2.21. The Labute approximate surface area is 129 Å². The van der Waals surface area contributed by atoms with Crippen molar-refractivity contribution >= 4 is 27.5 Å². The van der Waals surface area contributed by atoms with Crippen LogP contribution >= 0.6 is 11.3 Å². The van der Waals surface area contributed by atoms with Gasteiger partial charge in [0.05, 0.1) is 11.1 Å². The maximum absolute atomic E-state index is 12.7. The SMILES string of the molecule is Cc1cc2c(=O)n(-c3ccccc3)c(=O)n(CC(N)=O)c2s1. The largest absolute Gasteiger partial charge is 0.368 e. The van der Waals surface area contributed by atoms with E-state index in [9.17, 15) is 14.4 Å². The van der Waals surface area contributed by atoms with Crippen LogP contribution in [0, 0.1) is 6.92 Å². The summed E-state index contributed by atoms with van der Waals surface area (Å²) < 4.78 is 2.32. The number of carbonyl (C=O) groups excluding carboxylic acids is 1. The molecule has 1 aromatic carbocycles. The summed E-state index contributed by atoms with van der Waals surface area (Å²) in [6.45, 7) is 1.58. The third-order valence-electron chi connectivity index (χ3n) is 3.26. The number of nitrogens with zero attached hydrogens (tertiary/aromatic N) is 2. The standard InChI is InChI=1S/C15H13N3O3S/c1-9-7-11-13(20)18(10-5-3-2-4-6-10)15(21)17(8-12(16)19)14(11)22-9/h2-7H,8H2,1H3,(H2,16,19). The zero-order valence-corrected chi connectivity index (χ0v) is 12.6. The average molecular weight is 315 g/mol. The number of hydrogen-bond donors (Lipinski definition) is 1. The molecule has 0 radical (unpaired) electrons. The van der Waals surface area contributed by atoms with Gasteiger partial charge >= 0.3 is 5.69 Å². The molecule has 0 atom stereocenters. The van der Waals surface area contributed by atoms with Crippen molar-refractivity contribution in [3.63, 3.8) is 0 Å². The van der Waals surface area contributed by atoms with E-state index >= 15 is 0 Å². The molecule has 0 aliphatic carbocycles. The van der Waals surface area contributed by atoms with E-state index in [-0.39, 0.29) is 6.54 Å². The van der Waals surface area contributed by atoms with E-state index in [1.54, 1.807) is 36.4 Å². The highest BCUT2D eigenvalue weighted by molar-refractivity contribution is 7.18. The predicted molar refractivity (Wildman–Crippen MR) is 85.6 cm³/mol. The molecular formula is C15H13N3O3S. The number of nitrogens with two attached hydrogens (primary N) is 1. The van der Waals surface area contributed by atoms with E-state index in [0.717, 1.165) is 9.44 Å². The maximum Gasteiger partial charge on any atom is 0.337 e. The Kier molecular flexibility index (Phi) is 3.42. The first-order valence-electron chi connectivity index (χ1n) is 6.59. The minimum absolute atomic E-state index is 0.262. The van der Waals surface area contributed by atoms with Gasteiger partial charge in [0.1, 0.15) is 11.4 Å². The van der Waals surface area contributed by atoms with Crippen LogP contribution in [0.25, 0.3) is 15.9 Å². The van der Waals surface area contributed by atoms with Gasteiger partial charge in [-0.05, 0) is 25.1 Å². The van der Waals surface area contributed by atoms with Gasteiger partial charge in [-0.1, -0.05) is 18.2 Å². The van der Waals surface area contributed by atoms with Gasteiger partial charge in [0, 0.05) is 4.88 Å². The Morgan fingerprint density at radius 1 is 1.23 bits per heavy atom. The van der Waals surface area contributed by atoms with Crippen LogP contribution < -0.4 is 17.0 Å². The molecule has 3 aromatic rings. The quantitative estimate of drug-likeness (QED) is 0.782. The number of para-hydroxylation sites is 1. The Morgan fingerprint density at radius 3 is 2.55 bits per heavy atom. The van der Waals surface area contributed by atoms with Gasteiger partial charge in [-0.2, -0.15) is 0 Å². The van der Waals surface area contributed by atoms with Crippen LogP contribution in [0.4, 0.5) is 0 Å². The maximum atomic E-state index is 12.7. The molecule has 0 saturated carbocycles. The normalized spacial score (nSPS) is 11.0. The van der Waals surface area contributed by atoms with E-state index in [1.165, 1.54) is 15.9 Å². The molecule has 7 heteroatoms. The molecule has 0 saturated heterocycles. The monoisotopic (exact) mass is 315 g/mol. The van der Waals surface area contributed by atoms with Gasteiger partial charge < -0.3 is 5.73 Å². The molecule has 2 heterocycles. The number of aromatic nitrogens is 2. The Bertz CT molecular complexity index is 983. The van der Waals surface area contributed by atoms with Crippen LogP contribution in [0.3, 0.4) is 0 Å². The number of primary amides is 1. The lowest BCUT2D eigenvalue weighted by atomic mass is 10.3. The molecule has 0 unspecified atom stereocenters. The molecule has 0 aliphatic rings. The van der Waals surface area contributed by atoms with Gasteiger partial charge in [0.2, 0.25) is 5.91 Å². The summed E-state index contributed by atoms with van der Waals surface area (Å²) in [6, 6.07) is 10.3. The van der Waals surface area contributed by atoms with Crippen LogP contribution in [0.2, 0.25) is 0 Å². The molecule has 112 valence electrons. The fraction of sp³-hybridized carbons (Fsp3) is 0.133. The summed E-state index contributed by atoms with van der Waals surface area (Å²) in [4.78, 5) is 38.0. The molecule has 0 spiro atoms. The fourth-order valence-corrected chi connectivity index (χ4v) is 3.36. The summed E-state index contributed by atoms with van der Waals surface area (Å²) in [5, 5.41) is 0.409. The molecule has 6 nitrogen and oxygen atoms in total. The number of fused-ring (bicyclic) bond motifs is 1. The van der Waals surface area contributed by atoms with Crippen LogP contribution in [-0.4, -0.2) is 15.0 Å². The molecule has 3 rings (SSSR count). The second kappa shape index (κ2) is 5.27. The highest BCUT2D eigenvalue weighted by atomic mass is 32.1. The minimum atomic E-state index is -0.632. The zero-order chi connectivity index (χ0) is 15.9. The first-order chi connectivity index (χ1) is 10.5. The van der Waals surface area contributed by atoms with Gasteiger partial charge in [0.15, 0.2) is 0 Å². The summed E-state index contributed by atoms with van der Waals surface area (Å²) in [5.74, 6) is -0.632. The number of aryl methyl sites for hydroxylation is 1. The minimum Gasteiger partial charge on any atom is -0.368 e. The van der Waals surface area contributed by atoms with Gasteiger partial charge in [0.25, 0.3) is 5.56 Å². The fourth-order valence-electron chi connectivity index (χ4n) is 2.37. The molecule has 1 amide bonds. The number of hydrogen-bond acceptors (Lipinski definition) is 4. The van der Waals surface area contributed by atoms with Crippen LogP contribution in [-0.2, 0) is 11.3 Å². The second-order valence-corrected chi connectivity index (χ2v) is 6.12. The Morgan fingerprint density at radius 2 is 1.91 bits per heavy atom. The zero-order valence-electron chi connectivity index (χ0n) is 11.8. The molecule has 0 bridgehead atoms. The Hall–Kier alpha value is -2.67. The van der Waals surface area contributed by atoms with E-state index in [0.29, 0.717) is 15.9 Å². The van der Waals surface area contributed by atoms with E-state index < -0.39 is 17.2 Å². The van der Waals surface area contributed by atoms with E-state index in [1.807, 2.05) is 6.92 Å². The molecule has 0 fully saturated rings. The first kappa shape index (κ1) is 14.3. The predicted octanol–water partition coefficient (Wildman–Crippen LogP) is 1.01. The average Bonchev–Trinajstić information content (AvgIpc) is 2.87. The Balaban J connectivity index is 2.46. The summed E-state index contributed by atoms with van der Waals surface area (Å²) in [7, 11) is 0. The lowest BCUT2D eigenvalue weighted by Crippen LogP contribution is -2.40.